The number of benzene rings is 1. The molecule has 1 aliphatic rings. The minimum Gasteiger partial charge on any atom is -0.479 e. The minimum absolute atomic E-state index is 0.0867. The number of nitrogens with zero attached hydrogens (tertiary/aromatic N) is 1. The standard InChI is InChI=1S/C18H20N4O5S/c1-9-6-15(22-27-9)21-18(25)11(3)28-8-16(23)19-12-4-5-14-13(7-12)20-17(24)10(2)26-14/h4-7,10-11H,8H2,1-3H3,(H,19,23)(H,20,24)(H,21,22,25)/t10-,11+/m0/s1. The maximum absolute atomic E-state index is 12.2. The number of hydrogen-bond donors (Lipinski definition) is 3. The van der Waals surface area contributed by atoms with E-state index in [0.717, 1.165) is 0 Å². The van der Waals surface area contributed by atoms with E-state index in [0.29, 0.717) is 28.7 Å². The fourth-order valence-electron chi connectivity index (χ4n) is 2.41. The Morgan fingerprint density at radius 3 is 2.82 bits per heavy atom. The summed E-state index contributed by atoms with van der Waals surface area (Å²) in [5.41, 5.74) is 1.03. The number of thioether (sulfide) groups is 1. The van der Waals surface area contributed by atoms with E-state index in [2.05, 4.69) is 21.1 Å². The average molecular weight is 404 g/mol. The van der Waals surface area contributed by atoms with Gasteiger partial charge in [0.05, 0.1) is 16.7 Å². The van der Waals surface area contributed by atoms with E-state index in [1.165, 1.54) is 11.8 Å². The molecule has 1 aromatic carbocycles. The molecule has 9 nitrogen and oxygen atoms in total. The van der Waals surface area contributed by atoms with Crippen molar-refractivity contribution < 1.29 is 23.6 Å². The van der Waals surface area contributed by atoms with Crippen molar-refractivity contribution in [2.45, 2.75) is 32.1 Å². The highest BCUT2D eigenvalue weighted by Gasteiger charge is 2.24. The zero-order valence-electron chi connectivity index (χ0n) is 15.6. The highest BCUT2D eigenvalue weighted by molar-refractivity contribution is 8.01. The minimum atomic E-state index is -0.557. The summed E-state index contributed by atoms with van der Waals surface area (Å²) >= 11 is 1.19. The quantitative estimate of drug-likeness (QED) is 0.676. The lowest BCUT2D eigenvalue weighted by Crippen LogP contribution is -2.34. The van der Waals surface area contributed by atoms with E-state index >= 15 is 0 Å². The summed E-state index contributed by atoms with van der Waals surface area (Å²) in [6.45, 7) is 5.09. The Kier molecular flexibility index (Phi) is 5.88. The van der Waals surface area contributed by atoms with Gasteiger partial charge in [0.1, 0.15) is 11.5 Å². The SMILES string of the molecule is Cc1cc(NC(=O)[C@@H](C)SCC(=O)Nc2ccc3c(c2)NC(=O)[C@H](C)O3)no1. The number of aromatic nitrogens is 1. The fraction of sp³-hybridized carbons (Fsp3) is 0.333. The highest BCUT2D eigenvalue weighted by Crippen LogP contribution is 2.32. The van der Waals surface area contributed by atoms with E-state index in [-0.39, 0.29) is 23.5 Å². The highest BCUT2D eigenvalue weighted by atomic mass is 32.2. The lowest BCUT2D eigenvalue weighted by Gasteiger charge is -2.23. The Hall–Kier alpha value is -3.01. The third-order valence-electron chi connectivity index (χ3n) is 3.91. The van der Waals surface area contributed by atoms with Crippen LogP contribution in [0.2, 0.25) is 0 Å². The molecular formula is C18H20N4O5S. The predicted octanol–water partition coefficient (Wildman–Crippen LogP) is 2.40. The lowest BCUT2D eigenvalue weighted by atomic mass is 10.2. The zero-order valence-corrected chi connectivity index (χ0v) is 16.4. The molecule has 3 N–H and O–H groups in total. The van der Waals surface area contributed by atoms with Gasteiger partial charge in [-0.25, -0.2) is 0 Å². The van der Waals surface area contributed by atoms with Crippen molar-refractivity contribution in [2.24, 2.45) is 0 Å². The molecule has 0 aliphatic carbocycles. The third kappa shape index (κ3) is 4.83. The molecule has 148 valence electrons. The first-order chi connectivity index (χ1) is 13.3. The van der Waals surface area contributed by atoms with Gasteiger partial charge < -0.3 is 25.2 Å². The fourth-order valence-corrected chi connectivity index (χ4v) is 3.10. The molecule has 1 aromatic heterocycles. The van der Waals surface area contributed by atoms with E-state index in [4.69, 9.17) is 9.26 Å². The van der Waals surface area contributed by atoms with Crippen molar-refractivity contribution in [3.05, 3.63) is 30.0 Å². The van der Waals surface area contributed by atoms with E-state index in [9.17, 15) is 14.4 Å². The second-order valence-electron chi connectivity index (χ2n) is 6.27. The monoisotopic (exact) mass is 404 g/mol. The number of aryl methyl sites for hydroxylation is 1. The van der Waals surface area contributed by atoms with Gasteiger partial charge in [0, 0.05) is 11.8 Å². The maximum Gasteiger partial charge on any atom is 0.265 e. The van der Waals surface area contributed by atoms with Crippen LogP contribution in [0.1, 0.15) is 19.6 Å². The van der Waals surface area contributed by atoms with Gasteiger partial charge in [-0.1, -0.05) is 5.16 Å². The number of ether oxygens (including phenoxy) is 1. The van der Waals surface area contributed by atoms with Crippen molar-refractivity contribution >= 4 is 46.7 Å². The molecule has 2 atom stereocenters. The second-order valence-corrected chi connectivity index (χ2v) is 7.60. The molecule has 0 radical (unpaired) electrons. The van der Waals surface area contributed by atoms with Gasteiger partial charge in [-0.15, -0.1) is 11.8 Å². The summed E-state index contributed by atoms with van der Waals surface area (Å²) in [6, 6.07) is 6.62. The molecule has 0 bridgehead atoms. The topological polar surface area (TPSA) is 123 Å². The van der Waals surface area contributed by atoms with Crippen molar-refractivity contribution in [1.82, 2.24) is 5.16 Å². The summed E-state index contributed by atoms with van der Waals surface area (Å²) in [5, 5.41) is 11.3. The van der Waals surface area contributed by atoms with Crippen LogP contribution in [0, 0.1) is 6.92 Å². The smallest absolute Gasteiger partial charge is 0.265 e. The van der Waals surface area contributed by atoms with Gasteiger partial charge in [0.15, 0.2) is 11.9 Å². The zero-order chi connectivity index (χ0) is 20.3. The molecule has 3 amide bonds. The number of carbonyl (C=O) groups excluding carboxylic acids is 3. The molecule has 3 rings (SSSR count). The molecule has 1 aliphatic heterocycles. The van der Waals surface area contributed by atoms with Crippen molar-refractivity contribution in [2.75, 3.05) is 21.7 Å². The molecule has 2 aromatic rings. The first-order valence-corrected chi connectivity index (χ1v) is 9.64. The molecule has 0 spiro atoms. The summed E-state index contributed by atoms with van der Waals surface area (Å²) in [4.78, 5) is 36.0. The lowest BCUT2D eigenvalue weighted by molar-refractivity contribution is -0.122. The summed E-state index contributed by atoms with van der Waals surface area (Å²) in [7, 11) is 0. The normalized spacial score (nSPS) is 16.4. The van der Waals surface area contributed by atoms with Gasteiger partial charge in [-0.05, 0) is 39.0 Å². The van der Waals surface area contributed by atoms with Gasteiger partial charge in [-0.2, -0.15) is 0 Å². The second kappa shape index (κ2) is 8.34. The van der Waals surface area contributed by atoms with Crippen LogP contribution >= 0.6 is 11.8 Å². The van der Waals surface area contributed by atoms with Gasteiger partial charge in [0.2, 0.25) is 11.8 Å². The number of anilines is 3. The summed E-state index contributed by atoms with van der Waals surface area (Å²) in [6.07, 6.45) is -0.557. The molecule has 0 unspecified atom stereocenters. The van der Waals surface area contributed by atoms with E-state index in [1.54, 1.807) is 45.0 Å². The van der Waals surface area contributed by atoms with Gasteiger partial charge >= 0.3 is 0 Å². The van der Waals surface area contributed by atoms with Gasteiger partial charge in [0.25, 0.3) is 5.91 Å². The Morgan fingerprint density at radius 2 is 2.11 bits per heavy atom. The van der Waals surface area contributed by atoms with E-state index < -0.39 is 11.4 Å². The van der Waals surface area contributed by atoms with E-state index in [1.807, 2.05) is 0 Å². The van der Waals surface area contributed by atoms with Crippen molar-refractivity contribution in [3.8, 4) is 5.75 Å². The third-order valence-corrected chi connectivity index (χ3v) is 5.05. The maximum atomic E-state index is 12.2. The molecule has 0 saturated heterocycles. The first kappa shape index (κ1) is 19.7. The number of amides is 3. The van der Waals surface area contributed by atoms with Crippen LogP contribution in [0.3, 0.4) is 0 Å². The van der Waals surface area contributed by atoms with Gasteiger partial charge in [-0.3, -0.25) is 14.4 Å². The molecule has 0 fully saturated rings. The number of fused-ring (bicyclic) bond motifs is 1. The predicted molar refractivity (Wildman–Crippen MR) is 106 cm³/mol. The molecule has 28 heavy (non-hydrogen) atoms. The first-order valence-electron chi connectivity index (χ1n) is 8.59. The van der Waals surface area contributed by atoms with Crippen molar-refractivity contribution in [3.63, 3.8) is 0 Å². The number of carbonyl (C=O) groups is 3. The van der Waals surface area contributed by atoms with Crippen LogP contribution in [0.5, 0.6) is 5.75 Å². The Labute approximate surface area is 165 Å². The molecular weight excluding hydrogens is 384 g/mol. The Bertz CT molecular complexity index is 913. The number of rotatable bonds is 6. The van der Waals surface area contributed by atoms with Crippen LogP contribution in [0.4, 0.5) is 17.2 Å². The average Bonchev–Trinajstić information content (AvgIpc) is 3.05. The molecule has 2 heterocycles. The summed E-state index contributed by atoms with van der Waals surface area (Å²) < 4.78 is 10.4. The van der Waals surface area contributed by atoms with Crippen LogP contribution in [-0.4, -0.2) is 40.0 Å². The molecule has 10 heteroatoms. The van der Waals surface area contributed by atoms with Crippen LogP contribution < -0.4 is 20.7 Å². The van der Waals surface area contributed by atoms with Crippen LogP contribution in [0.25, 0.3) is 0 Å². The largest absolute Gasteiger partial charge is 0.479 e. The van der Waals surface area contributed by atoms with Crippen LogP contribution in [-0.2, 0) is 14.4 Å². The number of hydrogen-bond acceptors (Lipinski definition) is 7. The Morgan fingerprint density at radius 1 is 1.32 bits per heavy atom. The summed E-state index contributed by atoms with van der Waals surface area (Å²) in [5.74, 6) is 0.792. The Balaban J connectivity index is 1.49. The van der Waals surface area contributed by atoms with Crippen LogP contribution in [0.15, 0.2) is 28.8 Å². The molecule has 0 saturated carbocycles. The number of nitrogens with one attached hydrogen (secondary N) is 3. The van der Waals surface area contributed by atoms with Crippen molar-refractivity contribution in [1.29, 1.82) is 0 Å².